The van der Waals surface area contributed by atoms with Crippen molar-refractivity contribution in [3.05, 3.63) is 0 Å². The summed E-state index contributed by atoms with van der Waals surface area (Å²) in [5, 5.41) is 89.7. The molecule has 1 fully saturated rings. The maximum Gasteiger partial charge on any atom is 0.317 e. The first-order chi connectivity index (χ1) is 25.6. The molecule has 330 valence electrons. The fourth-order valence-corrected chi connectivity index (χ4v) is 5.15. The van der Waals surface area contributed by atoms with E-state index in [1.54, 1.807) is 19.6 Å². The van der Waals surface area contributed by atoms with Crippen LogP contribution in [0, 0.1) is 79.9 Å². The van der Waals surface area contributed by atoms with Gasteiger partial charge in [-0.25, -0.2) is 0 Å². The molecule has 57 heavy (non-hydrogen) atoms. The molecule has 0 aromatic rings. The number of aliphatic carboxylic acids is 9. The molecular formula is C30H46Gd2N7O18-5. The SMILES string of the molecule is O=C([O-])CN(CCN(CCN(CC(=O)[O-])CC(=O)O)CC(=O)O)CC(=O)[O-].O=C([O-])CN1CCN(CC(=O)[O-])CCN(CC(=O)O)CCN(CC(=O)O)CC1.[Gd].[Gd]. The molecule has 27 heteroatoms. The Morgan fingerprint density at radius 1 is 0.351 bits per heavy atom. The second kappa shape index (κ2) is 33.4. The van der Waals surface area contributed by atoms with E-state index < -0.39 is 86.4 Å². The molecule has 4 N–H and O–H groups in total. The summed E-state index contributed by atoms with van der Waals surface area (Å²) < 4.78 is 0. The van der Waals surface area contributed by atoms with Gasteiger partial charge in [-0.3, -0.25) is 53.5 Å². The molecule has 0 unspecified atom stereocenters. The van der Waals surface area contributed by atoms with Crippen molar-refractivity contribution in [3.8, 4) is 0 Å². The normalized spacial score (nSPS) is 14.8. The van der Waals surface area contributed by atoms with Gasteiger partial charge in [-0.05, 0) is 0 Å². The van der Waals surface area contributed by atoms with Gasteiger partial charge in [-0.1, -0.05) is 0 Å². The van der Waals surface area contributed by atoms with Crippen molar-refractivity contribution in [1.29, 1.82) is 0 Å². The summed E-state index contributed by atoms with van der Waals surface area (Å²) in [4.78, 5) is 107. The van der Waals surface area contributed by atoms with Crippen LogP contribution in [0.3, 0.4) is 0 Å². The molecule has 1 aliphatic heterocycles. The molecule has 1 rings (SSSR count). The summed E-state index contributed by atoms with van der Waals surface area (Å²) >= 11 is 0. The third kappa shape index (κ3) is 35.3. The Morgan fingerprint density at radius 2 is 0.579 bits per heavy atom. The van der Waals surface area contributed by atoms with Crippen LogP contribution in [-0.2, 0) is 43.2 Å². The van der Waals surface area contributed by atoms with E-state index in [-0.39, 0.29) is 185 Å². The van der Waals surface area contributed by atoms with E-state index in [9.17, 15) is 68.7 Å². The predicted octanol–water partition coefficient (Wildman–Crippen LogP) is -11.8. The number of hydrogen-bond acceptors (Lipinski definition) is 21. The predicted molar refractivity (Wildman–Crippen MR) is 171 cm³/mol. The Bertz CT molecular complexity index is 1130. The molecule has 0 amide bonds. The molecule has 0 saturated carbocycles. The molecule has 0 spiro atoms. The van der Waals surface area contributed by atoms with Crippen LogP contribution in [0.1, 0.15) is 0 Å². The number of carbonyl (C=O) groups excluding carboxylic acids is 5. The standard InChI is InChI=1S/C16H28N4O8.C14H23N3O10.2Gd/c21-13(22)9-17-1-2-18(10-14(23)24)5-6-20(12-16(27)28)8-7-19(4-3-17)11-15(25)26;18-10(19)5-15(1-3-16(6-11(20)21)7-12(22)23)2-4-17(8-13(24)25)9-14(26)27;;/h1-12H2,(H,21,22)(H,23,24)(H,25,26)(H,27,28);1-9H2,(H,18,19)(H,20,21)(H,22,23)(H,24,25)(H,26,27);;/p-5. The van der Waals surface area contributed by atoms with Crippen molar-refractivity contribution in [1.82, 2.24) is 34.3 Å². The van der Waals surface area contributed by atoms with E-state index in [1.807, 2.05) is 0 Å². The summed E-state index contributed by atoms with van der Waals surface area (Å²) in [7, 11) is 0. The summed E-state index contributed by atoms with van der Waals surface area (Å²) in [6.45, 7) is -2.73. The number of rotatable bonds is 24. The van der Waals surface area contributed by atoms with Gasteiger partial charge in [0.2, 0.25) is 0 Å². The third-order valence-corrected chi connectivity index (χ3v) is 7.59. The first kappa shape index (κ1) is 58.9. The van der Waals surface area contributed by atoms with Crippen LogP contribution in [0.15, 0.2) is 0 Å². The van der Waals surface area contributed by atoms with Gasteiger partial charge in [-0.15, -0.1) is 0 Å². The fraction of sp³-hybridized carbons (Fsp3) is 0.700. The maximum absolute atomic E-state index is 11.1. The summed E-state index contributed by atoms with van der Waals surface area (Å²) in [5.74, 6) is -11.7. The second-order valence-electron chi connectivity index (χ2n) is 12.2. The quantitative estimate of drug-likeness (QED) is 0.0697. The minimum absolute atomic E-state index is 0. The minimum atomic E-state index is -1.53. The zero-order chi connectivity index (χ0) is 42.1. The van der Waals surface area contributed by atoms with Crippen molar-refractivity contribution in [2.24, 2.45) is 0 Å². The molecule has 1 saturated heterocycles. The molecule has 0 radical (unpaired) electrons. The molecule has 0 bridgehead atoms. The molecular weight excluding hydrogens is 1060 g/mol. The van der Waals surface area contributed by atoms with Crippen LogP contribution in [0.2, 0.25) is 0 Å². The fourth-order valence-electron chi connectivity index (χ4n) is 5.15. The van der Waals surface area contributed by atoms with Crippen molar-refractivity contribution in [3.63, 3.8) is 0 Å². The zero-order valence-electron chi connectivity index (χ0n) is 30.7. The van der Waals surface area contributed by atoms with Gasteiger partial charge >= 0.3 is 23.9 Å². The molecule has 0 aromatic heterocycles. The molecule has 25 nitrogen and oxygen atoms in total. The van der Waals surface area contributed by atoms with Crippen molar-refractivity contribution < 1.29 is 169 Å². The van der Waals surface area contributed by atoms with Gasteiger partial charge in [0.25, 0.3) is 0 Å². The van der Waals surface area contributed by atoms with E-state index in [1.165, 1.54) is 4.90 Å². The monoisotopic (exact) mass is 1110 g/mol. The first-order valence-corrected chi connectivity index (χ1v) is 16.6. The average molecular weight is 1110 g/mol. The molecule has 0 aliphatic carbocycles. The van der Waals surface area contributed by atoms with E-state index in [4.69, 9.17) is 20.4 Å². The van der Waals surface area contributed by atoms with E-state index in [2.05, 4.69) is 0 Å². The van der Waals surface area contributed by atoms with Gasteiger partial charge in [0.05, 0.1) is 56.0 Å². The molecule has 1 aliphatic rings. The van der Waals surface area contributed by atoms with Crippen molar-refractivity contribution in [2.75, 3.05) is 137 Å². The maximum atomic E-state index is 11.1. The minimum Gasteiger partial charge on any atom is -0.549 e. The van der Waals surface area contributed by atoms with Crippen molar-refractivity contribution >= 4 is 53.7 Å². The Kier molecular flexibility index (Phi) is 34.6. The van der Waals surface area contributed by atoms with Crippen LogP contribution < -0.4 is 25.5 Å². The van der Waals surface area contributed by atoms with Crippen LogP contribution in [0.4, 0.5) is 0 Å². The Labute approximate surface area is 391 Å². The third-order valence-electron chi connectivity index (χ3n) is 7.59. The van der Waals surface area contributed by atoms with E-state index >= 15 is 0 Å². The first-order valence-electron chi connectivity index (χ1n) is 16.6. The largest absolute Gasteiger partial charge is 0.549 e. The van der Waals surface area contributed by atoms with Crippen molar-refractivity contribution in [2.45, 2.75) is 0 Å². The van der Waals surface area contributed by atoms with Gasteiger partial charge < -0.3 is 69.9 Å². The Balaban J connectivity index is -0.000000989. The number of carboxylic acids is 9. The van der Waals surface area contributed by atoms with Crippen LogP contribution >= 0.6 is 0 Å². The Hall–Kier alpha value is -2.40. The zero-order valence-corrected chi connectivity index (χ0v) is 35.2. The van der Waals surface area contributed by atoms with Gasteiger partial charge in [0, 0.05) is 191 Å². The average Bonchev–Trinajstić information content (AvgIpc) is 3.01. The van der Waals surface area contributed by atoms with Gasteiger partial charge in [0.1, 0.15) is 0 Å². The second-order valence-corrected chi connectivity index (χ2v) is 12.2. The number of hydrogen-bond donors (Lipinski definition) is 4. The van der Waals surface area contributed by atoms with Crippen LogP contribution in [0.25, 0.3) is 0 Å². The van der Waals surface area contributed by atoms with E-state index in [0.29, 0.717) is 0 Å². The summed E-state index contributed by atoms with van der Waals surface area (Å²) in [6.07, 6.45) is 0. The topological polar surface area (TPSA) is 373 Å². The Morgan fingerprint density at radius 3 is 0.807 bits per heavy atom. The van der Waals surface area contributed by atoms with E-state index in [0.717, 1.165) is 9.80 Å². The van der Waals surface area contributed by atoms with Gasteiger partial charge in [-0.2, -0.15) is 0 Å². The summed E-state index contributed by atoms with van der Waals surface area (Å²) in [6, 6.07) is 0. The number of nitrogens with zero attached hydrogens (tertiary/aromatic N) is 7. The summed E-state index contributed by atoms with van der Waals surface area (Å²) in [5.41, 5.74) is 0. The van der Waals surface area contributed by atoms with Crippen LogP contribution in [-0.4, -0.2) is 246 Å². The smallest absolute Gasteiger partial charge is 0.317 e. The molecule has 1 heterocycles. The molecule has 0 atom stereocenters. The van der Waals surface area contributed by atoms with Crippen LogP contribution in [0.5, 0.6) is 0 Å². The number of carbonyl (C=O) groups is 9. The molecule has 0 aromatic carbocycles. The van der Waals surface area contributed by atoms with Gasteiger partial charge in [0.15, 0.2) is 0 Å². The number of carboxylic acid groups (broad SMARTS) is 9.